The summed E-state index contributed by atoms with van der Waals surface area (Å²) >= 11 is 3.22. The Morgan fingerprint density at radius 2 is 1.72 bits per heavy atom. The molecule has 0 saturated heterocycles. The molecule has 8 nitrogen and oxygen atoms in total. The Morgan fingerprint density at radius 3 is 2.28 bits per heavy atom. The van der Waals surface area contributed by atoms with Gasteiger partial charge in [0.15, 0.2) is 0 Å². The highest BCUT2D eigenvalue weighted by Crippen LogP contribution is 2.15. The zero-order chi connectivity index (χ0) is 21.4. The van der Waals surface area contributed by atoms with E-state index in [-0.39, 0.29) is 17.3 Å². The molecule has 2 aromatic rings. The molecule has 1 unspecified atom stereocenters. The predicted molar refractivity (Wildman–Crippen MR) is 111 cm³/mol. The Bertz CT molecular complexity index is 946. The maximum Gasteiger partial charge on any atom is 0.310 e. The molecule has 1 atom stereocenters. The van der Waals surface area contributed by atoms with Gasteiger partial charge in [-0.3, -0.25) is 9.59 Å². The molecule has 0 aliphatic carbocycles. The van der Waals surface area contributed by atoms with Crippen LogP contribution >= 0.6 is 15.9 Å². The fourth-order valence-electron chi connectivity index (χ4n) is 2.36. The van der Waals surface area contributed by atoms with Crippen molar-refractivity contribution in [2.24, 2.45) is 0 Å². The number of hydrogen-bond acceptors (Lipinski definition) is 6. The Balaban J connectivity index is 2.02. The zero-order valence-corrected chi connectivity index (χ0v) is 18.0. The number of ether oxygens (including phenoxy) is 1. The van der Waals surface area contributed by atoms with E-state index in [4.69, 9.17) is 4.74 Å². The minimum atomic E-state index is -3.99. The second-order valence-electron chi connectivity index (χ2n) is 5.98. The Hall–Kier alpha value is -2.27. The molecule has 29 heavy (non-hydrogen) atoms. The Morgan fingerprint density at radius 1 is 1.10 bits per heavy atom. The fourth-order valence-corrected chi connectivity index (χ4v) is 3.81. The molecule has 0 saturated carbocycles. The fraction of sp³-hybridized carbons (Fsp3) is 0.263. The first kappa shape index (κ1) is 23.0. The molecule has 0 aliphatic rings. The minimum absolute atomic E-state index is 0.0322. The summed E-state index contributed by atoms with van der Waals surface area (Å²) in [5.41, 5.74) is 1.10. The third-order valence-corrected chi connectivity index (χ3v) is 5.81. The molecule has 0 radical (unpaired) electrons. The molecule has 156 valence electrons. The first-order chi connectivity index (χ1) is 13.7. The van der Waals surface area contributed by atoms with Crippen LogP contribution in [0.15, 0.2) is 57.9 Å². The summed E-state index contributed by atoms with van der Waals surface area (Å²) in [6, 6.07) is 10.9. The van der Waals surface area contributed by atoms with Crippen LogP contribution in [0.1, 0.15) is 12.5 Å². The first-order valence-electron chi connectivity index (χ1n) is 8.69. The third kappa shape index (κ3) is 6.93. The quantitative estimate of drug-likeness (QED) is 0.466. The van der Waals surface area contributed by atoms with E-state index in [0.29, 0.717) is 22.3 Å². The van der Waals surface area contributed by atoms with E-state index < -0.39 is 28.6 Å². The smallest absolute Gasteiger partial charge is 0.310 e. The van der Waals surface area contributed by atoms with E-state index in [9.17, 15) is 23.1 Å². The molecule has 0 heterocycles. The number of anilines is 1. The molecular formula is C19H21BrN2O6S. The van der Waals surface area contributed by atoms with Crippen LogP contribution in [-0.2, 0) is 30.8 Å². The van der Waals surface area contributed by atoms with Crippen molar-refractivity contribution in [3.63, 3.8) is 0 Å². The van der Waals surface area contributed by atoms with Gasteiger partial charge in [-0.2, -0.15) is 4.72 Å². The summed E-state index contributed by atoms with van der Waals surface area (Å²) in [6.45, 7) is 1.30. The number of sulfonamides is 1. The van der Waals surface area contributed by atoms with Crippen LogP contribution in [0.4, 0.5) is 5.69 Å². The number of carbonyl (C=O) groups is 2. The number of aliphatic hydroxyl groups is 1. The van der Waals surface area contributed by atoms with Crippen LogP contribution in [0.2, 0.25) is 0 Å². The molecule has 0 aliphatic heterocycles. The van der Waals surface area contributed by atoms with Gasteiger partial charge in [-0.1, -0.05) is 28.1 Å². The van der Waals surface area contributed by atoms with Crippen LogP contribution in [0, 0.1) is 0 Å². The summed E-state index contributed by atoms with van der Waals surface area (Å²) in [5.74, 6) is -1.07. The van der Waals surface area contributed by atoms with Crippen LogP contribution in [0.3, 0.4) is 0 Å². The normalized spacial score (nSPS) is 12.2. The number of rotatable bonds is 9. The molecular weight excluding hydrogens is 464 g/mol. The second kappa shape index (κ2) is 10.5. The van der Waals surface area contributed by atoms with Crippen LogP contribution in [0.25, 0.3) is 0 Å². The van der Waals surface area contributed by atoms with E-state index in [1.807, 2.05) is 0 Å². The summed E-state index contributed by atoms with van der Waals surface area (Å²) in [5, 5.41) is 12.0. The molecule has 10 heteroatoms. The topological polar surface area (TPSA) is 122 Å². The van der Waals surface area contributed by atoms with E-state index in [1.165, 1.54) is 12.1 Å². The van der Waals surface area contributed by atoms with Crippen LogP contribution in [0.5, 0.6) is 0 Å². The number of halogens is 1. The van der Waals surface area contributed by atoms with Gasteiger partial charge in [0, 0.05) is 10.2 Å². The van der Waals surface area contributed by atoms with E-state index in [2.05, 4.69) is 26.0 Å². The molecule has 2 aromatic carbocycles. The number of amides is 1. The Kier molecular flexibility index (Phi) is 8.32. The van der Waals surface area contributed by atoms with Crippen molar-refractivity contribution in [2.45, 2.75) is 24.3 Å². The number of esters is 1. The number of carbonyl (C=O) groups excluding carboxylic acids is 2. The molecule has 3 N–H and O–H groups in total. The van der Waals surface area contributed by atoms with Crippen molar-refractivity contribution in [1.29, 1.82) is 0 Å². The van der Waals surface area contributed by atoms with E-state index in [0.717, 1.165) is 0 Å². The van der Waals surface area contributed by atoms with Gasteiger partial charge in [-0.05, 0) is 48.9 Å². The molecule has 0 bridgehead atoms. The number of benzene rings is 2. The number of aliphatic hydroxyl groups excluding tert-OH is 1. The van der Waals surface area contributed by atoms with Crippen molar-refractivity contribution in [3.05, 3.63) is 58.6 Å². The summed E-state index contributed by atoms with van der Waals surface area (Å²) in [4.78, 5) is 23.8. The third-order valence-electron chi connectivity index (χ3n) is 3.80. The summed E-state index contributed by atoms with van der Waals surface area (Å²) in [7, 11) is -3.99. The van der Waals surface area contributed by atoms with Crippen molar-refractivity contribution in [2.75, 3.05) is 18.5 Å². The lowest BCUT2D eigenvalue weighted by Crippen LogP contribution is -2.46. The van der Waals surface area contributed by atoms with Gasteiger partial charge < -0.3 is 15.2 Å². The summed E-state index contributed by atoms with van der Waals surface area (Å²) < 4.78 is 32.6. The molecule has 0 fully saturated rings. The van der Waals surface area contributed by atoms with Crippen molar-refractivity contribution < 1.29 is 27.9 Å². The maximum absolute atomic E-state index is 12.4. The molecule has 2 rings (SSSR count). The van der Waals surface area contributed by atoms with E-state index >= 15 is 0 Å². The molecule has 0 spiro atoms. The second-order valence-corrected chi connectivity index (χ2v) is 8.61. The number of nitrogens with one attached hydrogen (secondary N) is 2. The van der Waals surface area contributed by atoms with E-state index in [1.54, 1.807) is 43.3 Å². The average Bonchev–Trinajstić information content (AvgIpc) is 2.68. The van der Waals surface area contributed by atoms with Gasteiger partial charge in [0.2, 0.25) is 15.9 Å². The van der Waals surface area contributed by atoms with Gasteiger partial charge in [0.1, 0.15) is 6.04 Å². The maximum atomic E-state index is 12.4. The van der Waals surface area contributed by atoms with Crippen LogP contribution in [-0.4, -0.2) is 44.7 Å². The molecule has 1 amide bonds. The van der Waals surface area contributed by atoms with Crippen LogP contribution < -0.4 is 10.0 Å². The minimum Gasteiger partial charge on any atom is -0.466 e. The highest BCUT2D eigenvalue weighted by molar-refractivity contribution is 9.10. The zero-order valence-electron chi connectivity index (χ0n) is 15.6. The molecule has 0 aromatic heterocycles. The van der Waals surface area contributed by atoms with Gasteiger partial charge in [-0.15, -0.1) is 0 Å². The average molecular weight is 485 g/mol. The highest BCUT2D eigenvalue weighted by Gasteiger charge is 2.25. The Labute approximate surface area is 177 Å². The SMILES string of the molecule is CCOC(=O)Cc1ccc(NC(=O)C(CO)NS(=O)(=O)c2ccc(Br)cc2)cc1. The highest BCUT2D eigenvalue weighted by atomic mass is 79.9. The lowest BCUT2D eigenvalue weighted by molar-refractivity contribution is -0.142. The number of hydrogen-bond donors (Lipinski definition) is 3. The predicted octanol–water partition coefficient (Wildman–Crippen LogP) is 1.83. The lowest BCUT2D eigenvalue weighted by Gasteiger charge is -2.16. The van der Waals surface area contributed by atoms with Gasteiger partial charge >= 0.3 is 5.97 Å². The van der Waals surface area contributed by atoms with Gasteiger partial charge in [0.05, 0.1) is 24.5 Å². The lowest BCUT2D eigenvalue weighted by atomic mass is 10.1. The monoisotopic (exact) mass is 484 g/mol. The van der Waals surface area contributed by atoms with Gasteiger partial charge in [0.25, 0.3) is 0 Å². The van der Waals surface area contributed by atoms with Crippen molar-refractivity contribution >= 4 is 43.5 Å². The van der Waals surface area contributed by atoms with Crippen molar-refractivity contribution in [1.82, 2.24) is 4.72 Å². The van der Waals surface area contributed by atoms with Crippen molar-refractivity contribution in [3.8, 4) is 0 Å². The largest absolute Gasteiger partial charge is 0.466 e. The first-order valence-corrected chi connectivity index (χ1v) is 11.0. The summed E-state index contributed by atoms with van der Waals surface area (Å²) in [6.07, 6.45) is 0.105. The standard InChI is InChI=1S/C19H21BrN2O6S/c1-2-28-18(24)11-13-3-7-15(8-4-13)21-19(25)17(12-23)22-29(26,27)16-9-5-14(20)6-10-16/h3-10,17,22-23H,2,11-12H2,1H3,(H,21,25). The van der Waals surface area contributed by atoms with Gasteiger partial charge in [-0.25, -0.2) is 8.42 Å².